The highest BCUT2D eigenvalue weighted by molar-refractivity contribution is 5.92. The number of benzene rings is 1. The maximum Gasteiger partial charge on any atom is 0.0777 e. The molecule has 0 aliphatic rings. The number of anilines is 1. The van der Waals surface area contributed by atoms with Crippen molar-refractivity contribution in [3.63, 3.8) is 0 Å². The van der Waals surface area contributed by atoms with Crippen LogP contribution in [0.4, 0.5) is 5.69 Å². The van der Waals surface area contributed by atoms with Crippen molar-refractivity contribution in [2.45, 2.75) is 39.9 Å². The van der Waals surface area contributed by atoms with Gasteiger partial charge in [-0.25, -0.2) is 0 Å². The van der Waals surface area contributed by atoms with Crippen LogP contribution in [0.25, 0.3) is 10.9 Å². The van der Waals surface area contributed by atoms with Crippen molar-refractivity contribution in [1.29, 1.82) is 0 Å². The first-order chi connectivity index (χ1) is 9.08. The summed E-state index contributed by atoms with van der Waals surface area (Å²) in [5, 5.41) is 1.00. The third kappa shape index (κ3) is 3.44. The zero-order chi connectivity index (χ0) is 13.8. The monoisotopic (exact) mass is 258 g/mol. The molecular formula is C16H22N2O. The van der Waals surface area contributed by atoms with Crippen molar-refractivity contribution in [2.24, 2.45) is 5.92 Å². The highest BCUT2D eigenvalue weighted by Crippen LogP contribution is 2.23. The van der Waals surface area contributed by atoms with Crippen LogP contribution < -0.4 is 5.73 Å². The molecule has 0 radical (unpaired) electrons. The number of nitrogen functional groups attached to an aromatic ring is 1. The Bertz CT molecular complexity index is 551. The number of pyridine rings is 1. The fraction of sp³-hybridized carbons (Fsp3) is 0.438. The molecule has 2 rings (SSSR count). The third-order valence-electron chi connectivity index (χ3n) is 3.21. The van der Waals surface area contributed by atoms with Gasteiger partial charge in [-0.2, -0.15) is 0 Å². The van der Waals surface area contributed by atoms with Gasteiger partial charge in [-0.1, -0.05) is 19.9 Å². The van der Waals surface area contributed by atoms with Gasteiger partial charge in [0.1, 0.15) is 0 Å². The molecule has 3 nitrogen and oxygen atoms in total. The van der Waals surface area contributed by atoms with E-state index in [2.05, 4.69) is 25.8 Å². The molecule has 0 aliphatic heterocycles. The number of hydrogen-bond donors (Lipinski definition) is 1. The van der Waals surface area contributed by atoms with E-state index in [9.17, 15) is 0 Å². The quantitative estimate of drug-likeness (QED) is 0.830. The average Bonchev–Trinajstić information content (AvgIpc) is 2.37. The number of fused-ring (bicyclic) bond motifs is 1. The molecule has 1 atom stereocenters. The van der Waals surface area contributed by atoms with Gasteiger partial charge in [0.25, 0.3) is 0 Å². The summed E-state index contributed by atoms with van der Waals surface area (Å²) in [6.45, 7) is 7.12. The van der Waals surface area contributed by atoms with Gasteiger partial charge in [0.2, 0.25) is 0 Å². The summed E-state index contributed by atoms with van der Waals surface area (Å²) < 4.78 is 5.91. The summed E-state index contributed by atoms with van der Waals surface area (Å²) in [6.07, 6.45) is 3.12. The van der Waals surface area contributed by atoms with E-state index in [-0.39, 0.29) is 6.10 Å². The zero-order valence-corrected chi connectivity index (χ0v) is 11.9. The van der Waals surface area contributed by atoms with E-state index in [1.807, 2.05) is 24.3 Å². The van der Waals surface area contributed by atoms with Gasteiger partial charge in [0, 0.05) is 22.8 Å². The molecule has 0 spiro atoms. The minimum Gasteiger partial charge on any atom is -0.398 e. The number of aromatic nitrogens is 1. The van der Waals surface area contributed by atoms with Crippen LogP contribution in [0.1, 0.15) is 32.8 Å². The van der Waals surface area contributed by atoms with Gasteiger partial charge in [-0.05, 0) is 37.5 Å². The molecule has 0 aliphatic carbocycles. The summed E-state index contributed by atoms with van der Waals surface area (Å²) in [5.74, 6) is 0.649. The minimum absolute atomic E-state index is 0.260. The molecule has 2 N–H and O–H groups in total. The van der Waals surface area contributed by atoms with E-state index in [0.29, 0.717) is 12.5 Å². The van der Waals surface area contributed by atoms with Gasteiger partial charge >= 0.3 is 0 Å². The molecule has 0 bridgehead atoms. The Balaban J connectivity index is 2.15. The fourth-order valence-electron chi connectivity index (χ4n) is 2.33. The van der Waals surface area contributed by atoms with Crippen LogP contribution in [0.2, 0.25) is 0 Å². The lowest BCUT2D eigenvalue weighted by Crippen LogP contribution is -2.11. The standard InChI is InChI=1S/C16H22N2O/c1-11(2)9-12(3)19-10-13-6-7-15(17)14-5-4-8-18-16(13)14/h4-8,11-12H,9-10,17H2,1-3H3. The number of rotatable bonds is 5. The van der Waals surface area contributed by atoms with E-state index in [1.165, 1.54) is 0 Å². The maximum absolute atomic E-state index is 5.97. The summed E-state index contributed by atoms with van der Waals surface area (Å²) >= 11 is 0. The normalized spacial score (nSPS) is 13.1. The molecule has 0 saturated heterocycles. The minimum atomic E-state index is 0.260. The Labute approximate surface area is 114 Å². The second-order valence-corrected chi connectivity index (χ2v) is 5.46. The summed E-state index contributed by atoms with van der Waals surface area (Å²) in [4.78, 5) is 4.42. The molecular weight excluding hydrogens is 236 g/mol. The first kappa shape index (κ1) is 13.8. The second-order valence-electron chi connectivity index (χ2n) is 5.46. The fourth-order valence-corrected chi connectivity index (χ4v) is 2.33. The van der Waals surface area contributed by atoms with E-state index < -0.39 is 0 Å². The summed E-state index contributed by atoms with van der Waals surface area (Å²) in [6, 6.07) is 7.84. The van der Waals surface area contributed by atoms with E-state index >= 15 is 0 Å². The molecule has 19 heavy (non-hydrogen) atoms. The first-order valence-electron chi connectivity index (χ1n) is 6.81. The first-order valence-corrected chi connectivity index (χ1v) is 6.81. The average molecular weight is 258 g/mol. The maximum atomic E-state index is 5.97. The Morgan fingerprint density at radius 1 is 1.21 bits per heavy atom. The van der Waals surface area contributed by atoms with Gasteiger partial charge in [0.15, 0.2) is 0 Å². The van der Waals surface area contributed by atoms with Crippen LogP contribution in [0.5, 0.6) is 0 Å². The molecule has 2 aromatic rings. The van der Waals surface area contributed by atoms with Crippen molar-refractivity contribution in [3.05, 3.63) is 36.0 Å². The lowest BCUT2D eigenvalue weighted by molar-refractivity contribution is 0.0402. The van der Waals surface area contributed by atoms with Crippen molar-refractivity contribution in [1.82, 2.24) is 4.98 Å². The van der Waals surface area contributed by atoms with E-state index in [4.69, 9.17) is 10.5 Å². The summed E-state index contributed by atoms with van der Waals surface area (Å²) in [7, 11) is 0. The Hall–Kier alpha value is -1.61. The molecule has 3 heteroatoms. The lowest BCUT2D eigenvalue weighted by atomic mass is 10.1. The lowest BCUT2D eigenvalue weighted by Gasteiger charge is -2.16. The molecule has 1 aromatic carbocycles. The van der Waals surface area contributed by atoms with E-state index in [1.54, 1.807) is 6.20 Å². The van der Waals surface area contributed by atoms with Crippen molar-refractivity contribution >= 4 is 16.6 Å². The van der Waals surface area contributed by atoms with E-state index in [0.717, 1.165) is 28.6 Å². The highest BCUT2D eigenvalue weighted by atomic mass is 16.5. The van der Waals surface area contributed by atoms with Gasteiger partial charge in [0.05, 0.1) is 18.2 Å². The highest BCUT2D eigenvalue weighted by Gasteiger charge is 2.09. The van der Waals surface area contributed by atoms with Crippen LogP contribution in [0.3, 0.4) is 0 Å². The number of nitrogens with two attached hydrogens (primary N) is 1. The van der Waals surface area contributed by atoms with Crippen LogP contribution >= 0.6 is 0 Å². The van der Waals surface area contributed by atoms with Crippen LogP contribution in [0, 0.1) is 5.92 Å². The van der Waals surface area contributed by atoms with Gasteiger partial charge in [-0.3, -0.25) is 4.98 Å². The largest absolute Gasteiger partial charge is 0.398 e. The molecule has 0 amide bonds. The molecule has 1 aromatic heterocycles. The summed E-state index contributed by atoms with van der Waals surface area (Å²) in [5.41, 5.74) is 8.77. The second kappa shape index (κ2) is 6.02. The van der Waals surface area contributed by atoms with Gasteiger partial charge in [-0.15, -0.1) is 0 Å². The molecule has 102 valence electrons. The number of hydrogen-bond acceptors (Lipinski definition) is 3. The predicted octanol–water partition coefficient (Wildman–Crippen LogP) is 3.77. The third-order valence-corrected chi connectivity index (χ3v) is 3.21. The smallest absolute Gasteiger partial charge is 0.0777 e. The zero-order valence-electron chi connectivity index (χ0n) is 11.9. The van der Waals surface area contributed by atoms with Crippen LogP contribution in [-0.2, 0) is 11.3 Å². The molecule has 1 unspecified atom stereocenters. The SMILES string of the molecule is CC(C)CC(C)OCc1ccc(N)c2cccnc12. The van der Waals surface area contributed by atoms with Crippen molar-refractivity contribution in [2.75, 3.05) is 5.73 Å². The van der Waals surface area contributed by atoms with Crippen molar-refractivity contribution in [3.8, 4) is 0 Å². The van der Waals surface area contributed by atoms with Gasteiger partial charge < -0.3 is 10.5 Å². The number of ether oxygens (including phenoxy) is 1. The Morgan fingerprint density at radius 2 is 2.00 bits per heavy atom. The topological polar surface area (TPSA) is 48.1 Å². The Kier molecular flexibility index (Phi) is 4.38. The number of nitrogens with zero attached hydrogens (tertiary/aromatic N) is 1. The molecule has 0 saturated carbocycles. The van der Waals surface area contributed by atoms with Crippen LogP contribution in [0.15, 0.2) is 30.5 Å². The molecule has 0 fully saturated rings. The van der Waals surface area contributed by atoms with Crippen LogP contribution in [-0.4, -0.2) is 11.1 Å². The Morgan fingerprint density at radius 3 is 2.74 bits per heavy atom. The molecule has 1 heterocycles. The predicted molar refractivity (Wildman–Crippen MR) is 79.9 cm³/mol. The van der Waals surface area contributed by atoms with Crippen molar-refractivity contribution < 1.29 is 4.74 Å².